The molecule has 2 aromatic carbocycles. The molecule has 0 heterocycles. The Balaban J connectivity index is 1.84. The van der Waals surface area contributed by atoms with Crippen molar-refractivity contribution >= 4 is 5.91 Å². The van der Waals surface area contributed by atoms with Crippen LogP contribution in [0.5, 0.6) is 17.2 Å². The Morgan fingerprint density at radius 2 is 1.61 bits per heavy atom. The molecule has 0 bridgehead atoms. The van der Waals surface area contributed by atoms with Crippen molar-refractivity contribution in [3.63, 3.8) is 0 Å². The van der Waals surface area contributed by atoms with Gasteiger partial charge in [0.25, 0.3) is 5.91 Å². The molecule has 0 aliphatic heterocycles. The summed E-state index contributed by atoms with van der Waals surface area (Å²) in [5.41, 5.74) is 4.50. The van der Waals surface area contributed by atoms with E-state index in [0.29, 0.717) is 22.8 Å². The molecular weight excluding hydrogens is 354 g/mol. The van der Waals surface area contributed by atoms with Crippen molar-refractivity contribution < 1.29 is 19.0 Å². The smallest absolute Gasteiger partial charge is 0.252 e. The molecule has 1 amide bonds. The Morgan fingerprint density at radius 3 is 2.18 bits per heavy atom. The van der Waals surface area contributed by atoms with Gasteiger partial charge in [-0.2, -0.15) is 0 Å². The van der Waals surface area contributed by atoms with Crippen LogP contribution in [0.25, 0.3) is 0 Å². The van der Waals surface area contributed by atoms with Crippen molar-refractivity contribution in [1.29, 1.82) is 0 Å². The monoisotopic (exact) mass is 383 g/mol. The van der Waals surface area contributed by atoms with Crippen LogP contribution in [0.1, 0.15) is 59.3 Å². The summed E-state index contributed by atoms with van der Waals surface area (Å²) in [6.07, 6.45) is 5.60. The van der Waals surface area contributed by atoms with Gasteiger partial charge in [0.1, 0.15) is 0 Å². The molecule has 28 heavy (non-hydrogen) atoms. The number of hydrogen-bond donors (Lipinski definition) is 1. The molecule has 1 atom stereocenters. The lowest BCUT2D eigenvalue weighted by molar-refractivity contribution is 0.0934. The van der Waals surface area contributed by atoms with Gasteiger partial charge in [0.2, 0.25) is 5.75 Å². The van der Waals surface area contributed by atoms with Crippen molar-refractivity contribution in [2.45, 2.75) is 45.1 Å². The predicted octanol–water partition coefficient (Wildman–Crippen LogP) is 4.47. The zero-order valence-electron chi connectivity index (χ0n) is 17.1. The van der Waals surface area contributed by atoms with Gasteiger partial charge in [0.15, 0.2) is 11.5 Å². The molecule has 0 saturated heterocycles. The number of amides is 1. The lowest BCUT2D eigenvalue weighted by Crippen LogP contribution is -2.28. The normalized spacial score (nSPS) is 14.0. The summed E-state index contributed by atoms with van der Waals surface area (Å²) < 4.78 is 16.1. The molecule has 5 nitrogen and oxygen atoms in total. The fraction of sp³-hybridized carbons (Fsp3) is 0.435. The number of methoxy groups -OCH3 is 3. The van der Waals surface area contributed by atoms with E-state index in [9.17, 15) is 4.79 Å². The van der Waals surface area contributed by atoms with Crippen molar-refractivity contribution in [3.05, 3.63) is 52.6 Å². The molecular formula is C23H29NO4. The molecule has 1 aliphatic carbocycles. The Bertz CT molecular complexity index is 821. The van der Waals surface area contributed by atoms with E-state index in [1.54, 1.807) is 33.5 Å². The average molecular weight is 383 g/mol. The maximum absolute atomic E-state index is 12.9. The average Bonchev–Trinajstić information content (AvgIpc) is 2.75. The van der Waals surface area contributed by atoms with Crippen LogP contribution in [-0.4, -0.2) is 27.2 Å². The minimum atomic E-state index is -0.163. The van der Waals surface area contributed by atoms with Gasteiger partial charge in [-0.3, -0.25) is 4.79 Å². The Kier molecular flexibility index (Phi) is 6.45. The summed E-state index contributed by atoms with van der Waals surface area (Å²) in [5, 5.41) is 3.16. The van der Waals surface area contributed by atoms with E-state index >= 15 is 0 Å². The Hall–Kier alpha value is -2.69. The number of fused-ring (bicyclic) bond motifs is 1. The summed E-state index contributed by atoms with van der Waals surface area (Å²) in [6, 6.07) is 9.94. The highest BCUT2D eigenvalue weighted by Crippen LogP contribution is 2.38. The van der Waals surface area contributed by atoms with Crippen molar-refractivity contribution in [1.82, 2.24) is 5.32 Å². The van der Waals surface area contributed by atoms with Gasteiger partial charge in [-0.25, -0.2) is 0 Å². The van der Waals surface area contributed by atoms with Crippen molar-refractivity contribution in [2.75, 3.05) is 21.3 Å². The predicted molar refractivity (Wildman–Crippen MR) is 110 cm³/mol. The zero-order valence-corrected chi connectivity index (χ0v) is 17.1. The first-order chi connectivity index (χ1) is 13.6. The first-order valence-electron chi connectivity index (χ1n) is 9.83. The maximum Gasteiger partial charge on any atom is 0.252 e. The molecule has 0 unspecified atom stereocenters. The lowest BCUT2D eigenvalue weighted by atomic mass is 9.88. The first-order valence-corrected chi connectivity index (χ1v) is 9.83. The molecule has 150 valence electrons. The Labute approximate surface area is 167 Å². The minimum absolute atomic E-state index is 0.0428. The molecule has 0 radical (unpaired) electrons. The number of rotatable bonds is 7. The topological polar surface area (TPSA) is 56.8 Å². The third-order valence-corrected chi connectivity index (χ3v) is 5.42. The SMILES string of the molecule is CC[C@H](NC(=O)c1cc(OC)c(OC)c(OC)c1)c1ccc2c(c1)CCCC2. The summed E-state index contributed by atoms with van der Waals surface area (Å²) in [6.45, 7) is 2.08. The second-order valence-corrected chi connectivity index (χ2v) is 7.08. The van der Waals surface area contributed by atoms with E-state index in [-0.39, 0.29) is 11.9 Å². The van der Waals surface area contributed by atoms with E-state index < -0.39 is 0 Å². The molecule has 0 saturated carbocycles. The molecule has 0 aromatic heterocycles. The quantitative estimate of drug-likeness (QED) is 0.766. The van der Waals surface area contributed by atoms with Crippen LogP contribution in [0.3, 0.4) is 0 Å². The highest BCUT2D eigenvalue weighted by atomic mass is 16.5. The van der Waals surface area contributed by atoms with Gasteiger partial charge in [0.05, 0.1) is 27.4 Å². The number of carbonyl (C=O) groups is 1. The molecule has 0 fully saturated rings. The second kappa shape index (κ2) is 9.00. The standard InChI is InChI=1S/C23H29NO4/c1-5-19(17-11-10-15-8-6-7-9-16(15)12-17)24-23(25)18-13-20(26-2)22(28-4)21(14-18)27-3/h10-14,19H,5-9H2,1-4H3,(H,24,25)/t19-/m0/s1. The number of aryl methyl sites for hydroxylation is 2. The largest absolute Gasteiger partial charge is 0.493 e. The third kappa shape index (κ3) is 4.08. The van der Waals surface area contributed by atoms with E-state index in [1.807, 2.05) is 0 Å². The zero-order chi connectivity index (χ0) is 20.1. The van der Waals surface area contributed by atoms with Gasteiger partial charge in [0, 0.05) is 5.56 Å². The second-order valence-electron chi connectivity index (χ2n) is 7.08. The van der Waals surface area contributed by atoms with Crippen LogP contribution < -0.4 is 19.5 Å². The molecule has 1 N–H and O–H groups in total. The minimum Gasteiger partial charge on any atom is -0.493 e. The van der Waals surface area contributed by atoms with E-state index in [0.717, 1.165) is 24.8 Å². The summed E-state index contributed by atoms with van der Waals surface area (Å²) in [4.78, 5) is 12.9. The number of benzene rings is 2. The van der Waals surface area contributed by atoms with Gasteiger partial charge in [-0.05, 0) is 60.9 Å². The van der Waals surface area contributed by atoms with Crippen molar-refractivity contribution in [2.24, 2.45) is 0 Å². The highest BCUT2D eigenvalue weighted by Gasteiger charge is 2.20. The van der Waals surface area contributed by atoms with E-state index in [2.05, 4.69) is 30.4 Å². The molecule has 5 heteroatoms. The third-order valence-electron chi connectivity index (χ3n) is 5.42. The molecule has 0 spiro atoms. The fourth-order valence-corrected chi connectivity index (χ4v) is 3.84. The summed E-state index contributed by atoms with van der Waals surface area (Å²) >= 11 is 0. The molecule has 3 rings (SSSR count). The first kappa shape index (κ1) is 20.1. The lowest BCUT2D eigenvalue weighted by Gasteiger charge is -2.22. The molecule has 2 aromatic rings. The van der Waals surface area contributed by atoms with Crippen molar-refractivity contribution in [3.8, 4) is 17.2 Å². The summed E-state index contributed by atoms with van der Waals surface area (Å²) in [5.74, 6) is 1.25. The van der Waals surface area contributed by atoms with Gasteiger partial charge < -0.3 is 19.5 Å². The number of ether oxygens (including phenoxy) is 3. The summed E-state index contributed by atoms with van der Waals surface area (Å²) in [7, 11) is 4.63. The molecule has 1 aliphatic rings. The van der Waals surface area contributed by atoms with Crippen LogP contribution in [0.15, 0.2) is 30.3 Å². The number of carbonyl (C=O) groups excluding carboxylic acids is 1. The fourth-order valence-electron chi connectivity index (χ4n) is 3.84. The highest BCUT2D eigenvalue weighted by molar-refractivity contribution is 5.96. The van der Waals surface area contributed by atoms with Crippen LogP contribution in [-0.2, 0) is 12.8 Å². The van der Waals surface area contributed by atoms with Crippen LogP contribution in [0.4, 0.5) is 0 Å². The number of hydrogen-bond acceptors (Lipinski definition) is 4. The van der Waals surface area contributed by atoms with Crippen LogP contribution in [0.2, 0.25) is 0 Å². The van der Waals surface area contributed by atoms with Gasteiger partial charge in [-0.15, -0.1) is 0 Å². The van der Waals surface area contributed by atoms with E-state index in [4.69, 9.17) is 14.2 Å². The van der Waals surface area contributed by atoms with Crippen LogP contribution >= 0.6 is 0 Å². The van der Waals surface area contributed by atoms with Gasteiger partial charge in [-0.1, -0.05) is 25.1 Å². The van der Waals surface area contributed by atoms with Crippen LogP contribution in [0, 0.1) is 0 Å². The number of nitrogens with one attached hydrogen (secondary N) is 1. The Morgan fingerprint density at radius 1 is 0.964 bits per heavy atom. The van der Waals surface area contributed by atoms with E-state index in [1.165, 1.54) is 24.0 Å². The van der Waals surface area contributed by atoms with Gasteiger partial charge >= 0.3 is 0 Å². The maximum atomic E-state index is 12.9.